The summed E-state index contributed by atoms with van der Waals surface area (Å²) in [6.45, 7) is 0. The normalized spacial score (nSPS) is 19.1. The minimum absolute atomic E-state index is 0.0840. The highest BCUT2D eigenvalue weighted by Gasteiger charge is 2.35. The van der Waals surface area contributed by atoms with Crippen molar-refractivity contribution < 1.29 is 9.90 Å². The van der Waals surface area contributed by atoms with Gasteiger partial charge in [-0.1, -0.05) is 48.5 Å². The van der Waals surface area contributed by atoms with E-state index in [1.54, 1.807) is 12.1 Å². The van der Waals surface area contributed by atoms with Crippen molar-refractivity contribution in [1.29, 1.82) is 0 Å². The fourth-order valence-corrected chi connectivity index (χ4v) is 4.32. The van der Waals surface area contributed by atoms with Gasteiger partial charge < -0.3 is 10.4 Å². The summed E-state index contributed by atoms with van der Waals surface area (Å²) >= 11 is 0. The van der Waals surface area contributed by atoms with Gasteiger partial charge in [0.15, 0.2) is 5.78 Å². The standard InChI is InChI=1S/C23H19NO2/c25-16-11-8-15(9-12-16)21-18-13-10-14-4-1-2-5-17(14)23(18)24-19-6-3-7-20(26)22(19)21/h1-2,4-5,8-13,21,24-25H,3,6-7H2. The number of fused-ring (bicyclic) bond motifs is 3. The minimum atomic E-state index is -0.0840. The second kappa shape index (κ2) is 5.73. The summed E-state index contributed by atoms with van der Waals surface area (Å²) in [5.74, 6) is 0.389. The first kappa shape index (κ1) is 15.2. The van der Waals surface area contributed by atoms with Crippen LogP contribution in [0.25, 0.3) is 10.8 Å². The molecule has 0 bridgehead atoms. The molecule has 0 radical (unpaired) electrons. The molecule has 3 nitrogen and oxygen atoms in total. The van der Waals surface area contributed by atoms with Crippen LogP contribution in [0.1, 0.15) is 36.3 Å². The van der Waals surface area contributed by atoms with E-state index >= 15 is 0 Å². The number of Topliss-reactive ketones (excluding diaryl/α,β-unsaturated/α-hetero) is 1. The molecule has 0 spiro atoms. The molecule has 3 aromatic carbocycles. The molecule has 5 rings (SSSR count). The Bertz CT molecular complexity index is 1060. The Labute approximate surface area is 152 Å². The van der Waals surface area contributed by atoms with Gasteiger partial charge in [0.2, 0.25) is 0 Å². The van der Waals surface area contributed by atoms with Crippen molar-refractivity contribution in [3.8, 4) is 5.75 Å². The molecule has 0 amide bonds. The second-order valence-corrected chi connectivity index (χ2v) is 7.07. The number of ketones is 1. The van der Waals surface area contributed by atoms with E-state index in [1.165, 1.54) is 10.8 Å². The van der Waals surface area contributed by atoms with Crippen LogP contribution in [-0.2, 0) is 4.79 Å². The quantitative estimate of drug-likeness (QED) is 0.646. The Hall–Kier alpha value is -3.07. The summed E-state index contributed by atoms with van der Waals surface area (Å²) < 4.78 is 0. The van der Waals surface area contributed by atoms with Crippen LogP contribution < -0.4 is 5.32 Å². The van der Waals surface area contributed by atoms with Crippen molar-refractivity contribution in [3.05, 3.63) is 83.1 Å². The Morgan fingerprint density at radius 3 is 2.58 bits per heavy atom. The number of anilines is 1. The van der Waals surface area contributed by atoms with E-state index < -0.39 is 0 Å². The van der Waals surface area contributed by atoms with Gasteiger partial charge in [0.25, 0.3) is 0 Å². The molecule has 3 heteroatoms. The zero-order chi connectivity index (χ0) is 17.7. The van der Waals surface area contributed by atoms with Crippen LogP contribution in [0, 0.1) is 0 Å². The third-order valence-corrected chi connectivity index (χ3v) is 5.52. The third-order valence-electron chi connectivity index (χ3n) is 5.52. The van der Waals surface area contributed by atoms with Crippen LogP contribution >= 0.6 is 0 Å². The molecule has 128 valence electrons. The van der Waals surface area contributed by atoms with Gasteiger partial charge in [-0.2, -0.15) is 0 Å². The molecular weight excluding hydrogens is 322 g/mol. The van der Waals surface area contributed by atoms with E-state index in [1.807, 2.05) is 18.2 Å². The van der Waals surface area contributed by atoms with Crippen molar-refractivity contribution in [2.45, 2.75) is 25.2 Å². The first-order chi connectivity index (χ1) is 12.7. The number of hydrogen-bond acceptors (Lipinski definition) is 3. The smallest absolute Gasteiger partial charge is 0.161 e. The van der Waals surface area contributed by atoms with Crippen molar-refractivity contribution in [3.63, 3.8) is 0 Å². The van der Waals surface area contributed by atoms with Crippen molar-refractivity contribution in [1.82, 2.24) is 0 Å². The predicted molar refractivity (Wildman–Crippen MR) is 103 cm³/mol. The van der Waals surface area contributed by atoms with Gasteiger partial charge in [0.1, 0.15) is 5.75 Å². The zero-order valence-corrected chi connectivity index (χ0v) is 14.3. The SMILES string of the molecule is O=C1CCCC2=C1C(c1ccc(O)cc1)c1ccc3ccccc3c1N2. The van der Waals surface area contributed by atoms with Gasteiger partial charge in [0, 0.05) is 29.0 Å². The van der Waals surface area contributed by atoms with E-state index in [0.29, 0.717) is 6.42 Å². The lowest BCUT2D eigenvalue weighted by Crippen LogP contribution is -2.27. The van der Waals surface area contributed by atoms with Crippen LogP contribution in [-0.4, -0.2) is 10.9 Å². The number of benzene rings is 3. The first-order valence-electron chi connectivity index (χ1n) is 9.06. The maximum Gasteiger partial charge on any atom is 0.161 e. The molecule has 1 unspecified atom stereocenters. The van der Waals surface area contributed by atoms with Gasteiger partial charge in [-0.05, 0) is 41.5 Å². The lowest BCUT2D eigenvalue weighted by Gasteiger charge is -2.34. The fraction of sp³-hybridized carbons (Fsp3) is 0.174. The van der Waals surface area contributed by atoms with Crippen LogP contribution in [0.3, 0.4) is 0 Å². The summed E-state index contributed by atoms with van der Waals surface area (Å²) in [4.78, 5) is 12.8. The van der Waals surface area contributed by atoms with Gasteiger partial charge in [-0.3, -0.25) is 4.79 Å². The monoisotopic (exact) mass is 341 g/mol. The number of phenolic OH excluding ortho intramolecular Hbond substituents is 1. The maximum absolute atomic E-state index is 12.8. The molecule has 3 aromatic rings. The second-order valence-electron chi connectivity index (χ2n) is 7.07. The highest BCUT2D eigenvalue weighted by Crippen LogP contribution is 2.47. The number of nitrogens with one attached hydrogen (secondary N) is 1. The average Bonchev–Trinajstić information content (AvgIpc) is 2.67. The van der Waals surface area contributed by atoms with Crippen LogP contribution in [0.4, 0.5) is 5.69 Å². The molecule has 1 aliphatic heterocycles. The van der Waals surface area contributed by atoms with Gasteiger partial charge in [-0.15, -0.1) is 0 Å². The summed E-state index contributed by atoms with van der Waals surface area (Å²) in [6.07, 6.45) is 2.41. The number of phenols is 1. The average molecular weight is 341 g/mol. The van der Waals surface area contributed by atoms with Crippen LogP contribution in [0.15, 0.2) is 71.9 Å². The van der Waals surface area contributed by atoms with E-state index in [2.05, 4.69) is 35.6 Å². The number of aromatic hydroxyl groups is 1. The largest absolute Gasteiger partial charge is 0.508 e. The lowest BCUT2D eigenvalue weighted by molar-refractivity contribution is -0.116. The van der Waals surface area contributed by atoms with E-state index in [4.69, 9.17) is 0 Å². The highest BCUT2D eigenvalue weighted by molar-refractivity contribution is 6.04. The topological polar surface area (TPSA) is 49.3 Å². The van der Waals surface area contributed by atoms with E-state index in [0.717, 1.165) is 40.9 Å². The summed E-state index contributed by atoms with van der Waals surface area (Å²) in [5.41, 5.74) is 5.23. The first-order valence-corrected chi connectivity index (χ1v) is 9.06. The molecule has 1 heterocycles. The maximum atomic E-state index is 12.8. The molecule has 26 heavy (non-hydrogen) atoms. The third kappa shape index (κ3) is 2.24. The van der Waals surface area contributed by atoms with E-state index in [-0.39, 0.29) is 17.5 Å². The summed E-state index contributed by atoms with van der Waals surface area (Å²) in [7, 11) is 0. The Kier molecular flexibility index (Phi) is 3.35. The van der Waals surface area contributed by atoms with Crippen molar-refractivity contribution in [2.75, 3.05) is 5.32 Å². The molecule has 0 fully saturated rings. The highest BCUT2D eigenvalue weighted by atomic mass is 16.3. The number of carbonyl (C=O) groups excluding carboxylic acids is 1. The molecule has 0 aromatic heterocycles. The number of hydrogen-bond donors (Lipinski definition) is 2. The predicted octanol–water partition coefficient (Wildman–Crippen LogP) is 5.11. The molecule has 2 N–H and O–H groups in total. The Morgan fingerprint density at radius 2 is 1.73 bits per heavy atom. The van der Waals surface area contributed by atoms with Crippen LogP contribution in [0.5, 0.6) is 5.75 Å². The van der Waals surface area contributed by atoms with Crippen LogP contribution in [0.2, 0.25) is 0 Å². The molecule has 1 atom stereocenters. The molecule has 1 aliphatic carbocycles. The van der Waals surface area contributed by atoms with E-state index in [9.17, 15) is 9.90 Å². The fourth-order valence-electron chi connectivity index (χ4n) is 4.32. The molecule has 0 saturated heterocycles. The number of carbonyl (C=O) groups is 1. The molecule has 2 aliphatic rings. The number of allylic oxidation sites excluding steroid dienone is 2. The van der Waals surface area contributed by atoms with Crippen molar-refractivity contribution in [2.24, 2.45) is 0 Å². The van der Waals surface area contributed by atoms with Gasteiger partial charge >= 0.3 is 0 Å². The minimum Gasteiger partial charge on any atom is -0.508 e. The van der Waals surface area contributed by atoms with Gasteiger partial charge in [-0.25, -0.2) is 0 Å². The summed E-state index contributed by atoms with van der Waals surface area (Å²) in [6, 6.07) is 19.9. The number of rotatable bonds is 1. The molecular formula is C23H19NO2. The Morgan fingerprint density at radius 1 is 0.923 bits per heavy atom. The van der Waals surface area contributed by atoms with Crippen molar-refractivity contribution >= 4 is 22.2 Å². The molecule has 0 saturated carbocycles. The zero-order valence-electron chi connectivity index (χ0n) is 14.3. The summed E-state index contributed by atoms with van der Waals surface area (Å²) in [5, 5.41) is 15.6. The Balaban J connectivity index is 1.80. The lowest BCUT2D eigenvalue weighted by atomic mass is 9.75. The van der Waals surface area contributed by atoms with Gasteiger partial charge in [0.05, 0.1) is 5.69 Å².